The maximum absolute atomic E-state index is 11.1. The monoisotopic (exact) mass is 197 g/mol. The first-order valence-electron chi connectivity index (χ1n) is 4.63. The maximum atomic E-state index is 11.1. The Labute approximate surface area is 82.4 Å². The summed E-state index contributed by atoms with van der Waals surface area (Å²) in [6.07, 6.45) is 2.35. The summed E-state index contributed by atoms with van der Waals surface area (Å²) in [5.74, 6) is -0.237. The normalized spacial score (nSPS) is 12.8. The highest BCUT2D eigenvalue weighted by atomic mass is 16.3. The molecule has 1 atom stereocenters. The first-order chi connectivity index (χ1) is 6.61. The van der Waals surface area contributed by atoms with E-state index in [-0.39, 0.29) is 23.8 Å². The Morgan fingerprint density at radius 1 is 1.57 bits per heavy atom. The molecule has 1 rings (SSSR count). The molecule has 0 aromatic carbocycles. The fraction of sp³-hybridized carbons (Fsp3) is 0.500. The van der Waals surface area contributed by atoms with Crippen molar-refractivity contribution in [2.75, 3.05) is 6.61 Å². The number of pyridine rings is 1. The average Bonchev–Trinajstić information content (AvgIpc) is 2.19. The van der Waals surface area contributed by atoms with E-state index in [1.165, 1.54) is 6.07 Å². The molecule has 0 aliphatic carbocycles. The molecule has 4 heteroatoms. The molecule has 0 amide bonds. The lowest BCUT2D eigenvalue weighted by Crippen LogP contribution is -2.17. The maximum Gasteiger partial charge on any atom is 0.223 e. The number of aliphatic hydroxyl groups excluding tert-OH is 1. The van der Waals surface area contributed by atoms with Gasteiger partial charge in [0.1, 0.15) is 0 Å². The van der Waals surface area contributed by atoms with Crippen LogP contribution in [0.15, 0.2) is 17.1 Å². The third kappa shape index (κ3) is 1.80. The van der Waals surface area contributed by atoms with Crippen molar-refractivity contribution in [2.45, 2.75) is 26.3 Å². The zero-order chi connectivity index (χ0) is 10.7. The predicted molar refractivity (Wildman–Crippen MR) is 53.5 cm³/mol. The number of rotatable bonds is 3. The first kappa shape index (κ1) is 10.8. The van der Waals surface area contributed by atoms with Crippen molar-refractivity contribution in [1.82, 2.24) is 4.57 Å². The van der Waals surface area contributed by atoms with Crippen LogP contribution in [-0.4, -0.2) is 21.4 Å². The average molecular weight is 197 g/mol. The second-order valence-electron chi connectivity index (χ2n) is 3.27. The summed E-state index contributed by atoms with van der Waals surface area (Å²) in [4.78, 5) is 11.1. The van der Waals surface area contributed by atoms with Crippen LogP contribution in [0, 0.1) is 6.92 Å². The Balaban J connectivity index is 3.22. The number of hydrogen-bond acceptors (Lipinski definition) is 3. The predicted octanol–water partition coefficient (Wildman–Crippen LogP) is 0.806. The standard InChI is InChI=1S/C10H15NO3/c1-3-8(6-12)11-5-4-9(13)10(14)7(11)2/h4-5,8,12,14H,3,6H2,1-2H3/t8-/m1/s1. The summed E-state index contributed by atoms with van der Waals surface area (Å²) in [5, 5.41) is 18.5. The van der Waals surface area contributed by atoms with Gasteiger partial charge >= 0.3 is 0 Å². The molecule has 78 valence electrons. The van der Waals surface area contributed by atoms with Gasteiger partial charge in [-0.05, 0) is 13.3 Å². The van der Waals surface area contributed by atoms with Crippen LogP contribution in [0.1, 0.15) is 25.1 Å². The third-order valence-electron chi connectivity index (χ3n) is 2.43. The van der Waals surface area contributed by atoms with Gasteiger partial charge in [-0.1, -0.05) is 6.92 Å². The molecule has 0 fully saturated rings. The van der Waals surface area contributed by atoms with Crippen molar-refractivity contribution in [3.8, 4) is 5.75 Å². The Bertz CT molecular complexity index is 366. The van der Waals surface area contributed by atoms with Crippen molar-refractivity contribution in [3.05, 3.63) is 28.2 Å². The second kappa shape index (κ2) is 4.28. The Hall–Kier alpha value is -1.29. The summed E-state index contributed by atoms with van der Waals surface area (Å²) in [5.41, 5.74) is 0.116. The number of nitrogens with zero attached hydrogens (tertiary/aromatic N) is 1. The Kier molecular flexibility index (Phi) is 3.30. The van der Waals surface area contributed by atoms with E-state index < -0.39 is 0 Å². The summed E-state index contributed by atoms with van der Waals surface area (Å²) >= 11 is 0. The van der Waals surface area contributed by atoms with Crippen molar-refractivity contribution in [2.24, 2.45) is 0 Å². The Morgan fingerprint density at radius 2 is 2.21 bits per heavy atom. The molecule has 0 saturated heterocycles. The van der Waals surface area contributed by atoms with Gasteiger partial charge in [0.2, 0.25) is 5.43 Å². The fourth-order valence-corrected chi connectivity index (χ4v) is 1.45. The number of aromatic nitrogens is 1. The van der Waals surface area contributed by atoms with Gasteiger partial charge in [0.25, 0.3) is 0 Å². The van der Waals surface area contributed by atoms with Crippen LogP contribution in [0.25, 0.3) is 0 Å². The second-order valence-corrected chi connectivity index (χ2v) is 3.27. The largest absolute Gasteiger partial charge is 0.503 e. The van der Waals surface area contributed by atoms with E-state index in [4.69, 9.17) is 5.11 Å². The molecular formula is C10H15NO3. The molecule has 1 aromatic heterocycles. The number of hydrogen-bond donors (Lipinski definition) is 2. The molecule has 0 aliphatic heterocycles. The highest BCUT2D eigenvalue weighted by Crippen LogP contribution is 2.17. The van der Waals surface area contributed by atoms with Gasteiger partial charge in [-0.15, -0.1) is 0 Å². The van der Waals surface area contributed by atoms with E-state index >= 15 is 0 Å². The molecule has 1 heterocycles. The van der Waals surface area contributed by atoms with Crippen LogP contribution in [0.2, 0.25) is 0 Å². The van der Waals surface area contributed by atoms with E-state index in [0.29, 0.717) is 5.69 Å². The number of aliphatic hydroxyl groups is 1. The van der Waals surface area contributed by atoms with Crippen LogP contribution in [0.3, 0.4) is 0 Å². The highest BCUT2D eigenvalue weighted by molar-refractivity contribution is 5.25. The minimum atomic E-state index is -0.383. The van der Waals surface area contributed by atoms with Gasteiger partial charge in [0.15, 0.2) is 5.75 Å². The zero-order valence-electron chi connectivity index (χ0n) is 8.40. The lowest BCUT2D eigenvalue weighted by Gasteiger charge is -2.19. The van der Waals surface area contributed by atoms with Crippen LogP contribution in [0.5, 0.6) is 5.75 Å². The molecule has 4 nitrogen and oxygen atoms in total. The van der Waals surface area contributed by atoms with Crippen LogP contribution < -0.4 is 5.43 Å². The number of aromatic hydroxyl groups is 1. The molecular weight excluding hydrogens is 182 g/mol. The third-order valence-corrected chi connectivity index (χ3v) is 2.43. The van der Waals surface area contributed by atoms with Crippen LogP contribution >= 0.6 is 0 Å². The van der Waals surface area contributed by atoms with Gasteiger partial charge in [-0.2, -0.15) is 0 Å². The van der Waals surface area contributed by atoms with Crippen molar-refractivity contribution in [3.63, 3.8) is 0 Å². The molecule has 0 saturated carbocycles. The van der Waals surface area contributed by atoms with Gasteiger partial charge in [0, 0.05) is 12.3 Å². The summed E-state index contributed by atoms with van der Waals surface area (Å²) < 4.78 is 1.72. The molecule has 0 aliphatic rings. The summed E-state index contributed by atoms with van der Waals surface area (Å²) in [6, 6.07) is 1.22. The smallest absolute Gasteiger partial charge is 0.223 e. The van der Waals surface area contributed by atoms with Gasteiger partial charge in [-0.3, -0.25) is 4.79 Å². The molecule has 0 unspecified atom stereocenters. The first-order valence-corrected chi connectivity index (χ1v) is 4.63. The topological polar surface area (TPSA) is 62.5 Å². The molecule has 0 spiro atoms. The molecule has 14 heavy (non-hydrogen) atoms. The minimum Gasteiger partial charge on any atom is -0.503 e. The highest BCUT2D eigenvalue weighted by Gasteiger charge is 2.11. The van der Waals surface area contributed by atoms with Crippen molar-refractivity contribution >= 4 is 0 Å². The van der Waals surface area contributed by atoms with Gasteiger partial charge in [-0.25, -0.2) is 0 Å². The summed E-state index contributed by atoms with van der Waals surface area (Å²) in [6.45, 7) is 3.60. The minimum absolute atomic E-state index is 0.000347. The molecule has 1 aromatic rings. The SMILES string of the molecule is CC[C@H](CO)n1ccc(=O)c(O)c1C. The van der Waals surface area contributed by atoms with Crippen LogP contribution in [0.4, 0.5) is 0 Å². The molecule has 0 radical (unpaired) electrons. The fourth-order valence-electron chi connectivity index (χ4n) is 1.45. The van der Waals surface area contributed by atoms with Gasteiger partial charge < -0.3 is 14.8 Å². The van der Waals surface area contributed by atoms with Crippen LogP contribution in [-0.2, 0) is 0 Å². The van der Waals surface area contributed by atoms with Crippen molar-refractivity contribution in [1.29, 1.82) is 0 Å². The lowest BCUT2D eigenvalue weighted by molar-refractivity contribution is 0.221. The van der Waals surface area contributed by atoms with E-state index in [2.05, 4.69) is 0 Å². The Morgan fingerprint density at radius 3 is 2.71 bits per heavy atom. The zero-order valence-corrected chi connectivity index (χ0v) is 8.40. The van der Waals surface area contributed by atoms with Crippen molar-refractivity contribution < 1.29 is 10.2 Å². The molecule has 0 bridgehead atoms. The van der Waals surface area contributed by atoms with E-state index in [1.807, 2.05) is 6.92 Å². The van der Waals surface area contributed by atoms with Gasteiger partial charge in [0.05, 0.1) is 18.3 Å². The van der Waals surface area contributed by atoms with E-state index in [1.54, 1.807) is 17.7 Å². The quantitative estimate of drug-likeness (QED) is 0.753. The molecule has 2 N–H and O–H groups in total. The summed E-state index contributed by atoms with van der Waals surface area (Å²) in [7, 11) is 0. The van der Waals surface area contributed by atoms with E-state index in [0.717, 1.165) is 6.42 Å². The lowest BCUT2D eigenvalue weighted by atomic mass is 10.2. The van der Waals surface area contributed by atoms with E-state index in [9.17, 15) is 9.90 Å².